The average Bonchev–Trinajstić information content (AvgIpc) is 2.27. The zero-order valence-corrected chi connectivity index (χ0v) is 11.8. The van der Waals surface area contributed by atoms with Crippen LogP contribution in [0.3, 0.4) is 0 Å². The summed E-state index contributed by atoms with van der Waals surface area (Å²) in [4.78, 5) is 11.4. The summed E-state index contributed by atoms with van der Waals surface area (Å²) in [6.07, 6.45) is -4.31. The van der Waals surface area contributed by atoms with Gasteiger partial charge in [0.05, 0.1) is 19.1 Å². The maximum absolute atomic E-state index is 11.9. The second kappa shape index (κ2) is 6.91. The summed E-state index contributed by atoms with van der Waals surface area (Å²) < 4.78 is 36.5. The van der Waals surface area contributed by atoms with E-state index in [4.69, 9.17) is 0 Å². The first-order valence-electron chi connectivity index (χ1n) is 5.60. The van der Waals surface area contributed by atoms with Crippen molar-refractivity contribution >= 4 is 21.8 Å². The lowest BCUT2D eigenvalue weighted by Gasteiger charge is -2.15. The van der Waals surface area contributed by atoms with E-state index >= 15 is 0 Å². The lowest BCUT2D eigenvalue weighted by Crippen LogP contribution is -2.39. The molecule has 3 nitrogen and oxygen atoms in total. The number of hydrogen-bond donors (Lipinski definition) is 2. The molecule has 0 radical (unpaired) electrons. The second-order valence-corrected chi connectivity index (χ2v) is 4.98. The van der Waals surface area contributed by atoms with E-state index in [1.54, 1.807) is 6.92 Å². The van der Waals surface area contributed by atoms with Crippen LogP contribution < -0.4 is 10.6 Å². The Hall–Kier alpha value is -1.08. The van der Waals surface area contributed by atoms with Crippen LogP contribution in [0.2, 0.25) is 0 Å². The molecule has 7 heteroatoms. The van der Waals surface area contributed by atoms with Crippen molar-refractivity contribution in [3.05, 3.63) is 34.3 Å². The van der Waals surface area contributed by atoms with Gasteiger partial charge < -0.3 is 10.6 Å². The van der Waals surface area contributed by atoms with Crippen molar-refractivity contribution in [2.24, 2.45) is 0 Å². The molecule has 19 heavy (non-hydrogen) atoms. The van der Waals surface area contributed by atoms with E-state index in [0.717, 1.165) is 10.0 Å². The number of benzene rings is 1. The molecule has 0 aliphatic heterocycles. The Bertz CT molecular complexity index is 437. The van der Waals surface area contributed by atoms with Gasteiger partial charge in [0.15, 0.2) is 0 Å². The topological polar surface area (TPSA) is 41.1 Å². The van der Waals surface area contributed by atoms with Crippen LogP contribution in [0.25, 0.3) is 0 Å². The molecule has 1 aromatic carbocycles. The van der Waals surface area contributed by atoms with E-state index < -0.39 is 18.6 Å². The van der Waals surface area contributed by atoms with Crippen molar-refractivity contribution in [3.63, 3.8) is 0 Å². The molecule has 1 rings (SSSR count). The standard InChI is InChI=1S/C12H14BrF3N2O/c1-8(9-3-2-4-10(13)5-9)18-11(19)6-17-7-12(14,15)16/h2-5,8,17H,6-7H2,1H3,(H,18,19). The molecule has 1 atom stereocenters. The van der Waals surface area contributed by atoms with Crippen LogP contribution in [0.5, 0.6) is 0 Å². The zero-order valence-electron chi connectivity index (χ0n) is 10.2. The summed E-state index contributed by atoms with van der Waals surface area (Å²) in [5, 5.41) is 4.67. The molecule has 106 valence electrons. The van der Waals surface area contributed by atoms with Gasteiger partial charge in [-0.1, -0.05) is 28.1 Å². The predicted molar refractivity (Wildman–Crippen MR) is 69.6 cm³/mol. The molecular weight excluding hydrogens is 325 g/mol. The van der Waals surface area contributed by atoms with Crippen molar-refractivity contribution in [1.82, 2.24) is 10.6 Å². The highest BCUT2D eigenvalue weighted by atomic mass is 79.9. The molecule has 0 heterocycles. The van der Waals surface area contributed by atoms with Crippen LogP contribution in [-0.4, -0.2) is 25.2 Å². The number of hydrogen-bond acceptors (Lipinski definition) is 2. The first-order valence-corrected chi connectivity index (χ1v) is 6.39. The van der Waals surface area contributed by atoms with Crippen molar-refractivity contribution in [2.75, 3.05) is 13.1 Å². The lowest BCUT2D eigenvalue weighted by atomic mass is 10.1. The normalized spacial score (nSPS) is 13.1. The number of carbonyl (C=O) groups is 1. The van der Waals surface area contributed by atoms with Crippen LogP contribution in [0.15, 0.2) is 28.7 Å². The summed E-state index contributed by atoms with van der Waals surface area (Å²) in [6.45, 7) is 0.229. The van der Waals surface area contributed by atoms with E-state index in [1.807, 2.05) is 29.6 Å². The third kappa shape index (κ3) is 6.58. The minimum absolute atomic E-state index is 0.266. The lowest BCUT2D eigenvalue weighted by molar-refractivity contribution is -0.128. The van der Waals surface area contributed by atoms with Gasteiger partial charge >= 0.3 is 6.18 Å². The Morgan fingerprint density at radius 2 is 2.11 bits per heavy atom. The summed E-state index contributed by atoms with van der Waals surface area (Å²) in [7, 11) is 0. The Labute approximate surface area is 117 Å². The first-order chi connectivity index (χ1) is 8.78. The molecule has 0 fully saturated rings. The molecule has 0 aliphatic carbocycles. The minimum atomic E-state index is -4.31. The maximum Gasteiger partial charge on any atom is 0.401 e. The molecule has 0 aromatic heterocycles. The van der Waals surface area contributed by atoms with E-state index in [1.165, 1.54) is 0 Å². The molecule has 0 saturated heterocycles. The molecule has 0 spiro atoms. The smallest absolute Gasteiger partial charge is 0.348 e. The van der Waals surface area contributed by atoms with Gasteiger partial charge in [-0.05, 0) is 24.6 Å². The van der Waals surface area contributed by atoms with Gasteiger partial charge in [-0.15, -0.1) is 0 Å². The van der Waals surface area contributed by atoms with Gasteiger partial charge in [-0.3, -0.25) is 4.79 Å². The Morgan fingerprint density at radius 1 is 1.42 bits per heavy atom. The van der Waals surface area contributed by atoms with Crippen molar-refractivity contribution in [3.8, 4) is 0 Å². The molecule has 0 aliphatic rings. The fraction of sp³-hybridized carbons (Fsp3) is 0.417. The average molecular weight is 339 g/mol. The molecule has 1 aromatic rings. The van der Waals surface area contributed by atoms with Gasteiger partial charge in [0.25, 0.3) is 0 Å². The predicted octanol–water partition coefficient (Wildman–Crippen LogP) is 2.78. The highest BCUT2D eigenvalue weighted by Crippen LogP contribution is 2.17. The molecule has 0 bridgehead atoms. The number of carbonyl (C=O) groups excluding carboxylic acids is 1. The fourth-order valence-electron chi connectivity index (χ4n) is 1.47. The number of alkyl halides is 3. The van der Waals surface area contributed by atoms with Crippen molar-refractivity contribution in [1.29, 1.82) is 0 Å². The Balaban J connectivity index is 2.40. The van der Waals surface area contributed by atoms with Gasteiger partial charge in [0.1, 0.15) is 0 Å². The minimum Gasteiger partial charge on any atom is -0.348 e. The quantitative estimate of drug-likeness (QED) is 0.866. The van der Waals surface area contributed by atoms with Gasteiger partial charge in [-0.2, -0.15) is 13.2 Å². The molecular formula is C12H14BrF3N2O. The molecule has 1 unspecified atom stereocenters. The highest BCUT2D eigenvalue weighted by molar-refractivity contribution is 9.10. The van der Waals surface area contributed by atoms with Crippen LogP contribution in [0, 0.1) is 0 Å². The summed E-state index contributed by atoms with van der Waals surface area (Å²) in [5.74, 6) is -0.475. The van der Waals surface area contributed by atoms with E-state index in [2.05, 4.69) is 21.2 Å². The van der Waals surface area contributed by atoms with Crippen LogP contribution in [0.1, 0.15) is 18.5 Å². The Kier molecular flexibility index (Phi) is 5.81. The summed E-state index contributed by atoms with van der Waals surface area (Å²) in [5.41, 5.74) is 0.874. The van der Waals surface area contributed by atoms with E-state index in [9.17, 15) is 18.0 Å². The van der Waals surface area contributed by atoms with Crippen LogP contribution in [-0.2, 0) is 4.79 Å². The van der Waals surface area contributed by atoms with Crippen LogP contribution in [0.4, 0.5) is 13.2 Å². The third-order valence-corrected chi connectivity index (χ3v) is 2.83. The number of rotatable bonds is 5. The zero-order chi connectivity index (χ0) is 14.5. The Morgan fingerprint density at radius 3 is 2.68 bits per heavy atom. The van der Waals surface area contributed by atoms with Crippen molar-refractivity contribution < 1.29 is 18.0 Å². The molecule has 0 saturated carbocycles. The highest BCUT2D eigenvalue weighted by Gasteiger charge is 2.26. The van der Waals surface area contributed by atoms with Gasteiger partial charge in [0, 0.05) is 4.47 Å². The SMILES string of the molecule is CC(NC(=O)CNCC(F)(F)F)c1cccc(Br)c1. The summed E-state index contributed by atoms with van der Waals surface area (Å²) in [6, 6.07) is 7.08. The molecule has 1 amide bonds. The third-order valence-electron chi connectivity index (χ3n) is 2.34. The monoisotopic (exact) mass is 338 g/mol. The summed E-state index contributed by atoms with van der Waals surface area (Å²) >= 11 is 3.31. The number of nitrogens with one attached hydrogen (secondary N) is 2. The largest absolute Gasteiger partial charge is 0.401 e. The second-order valence-electron chi connectivity index (χ2n) is 4.06. The number of amides is 1. The fourth-order valence-corrected chi connectivity index (χ4v) is 1.89. The molecule has 2 N–H and O–H groups in total. The van der Waals surface area contributed by atoms with E-state index in [-0.39, 0.29) is 12.6 Å². The maximum atomic E-state index is 11.9. The van der Waals surface area contributed by atoms with Crippen molar-refractivity contribution in [2.45, 2.75) is 19.1 Å². The first kappa shape index (κ1) is 16.0. The van der Waals surface area contributed by atoms with Crippen LogP contribution >= 0.6 is 15.9 Å². The van der Waals surface area contributed by atoms with Gasteiger partial charge in [0.2, 0.25) is 5.91 Å². The van der Waals surface area contributed by atoms with Gasteiger partial charge in [-0.25, -0.2) is 0 Å². The number of halogens is 4. The van der Waals surface area contributed by atoms with E-state index in [0.29, 0.717) is 0 Å².